The second-order valence-electron chi connectivity index (χ2n) is 3.89. The lowest BCUT2D eigenvalue weighted by Gasteiger charge is -2.14. The zero-order chi connectivity index (χ0) is 12.5. The maximum Gasteiger partial charge on any atom is 0.442 e. The van der Waals surface area contributed by atoms with Crippen LogP contribution in [0.2, 0.25) is 0 Å². The number of aliphatic hydroxyl groups excluding tert-OH is 1. The molecule has 0 saturated heterocycles. The third-order valence-corrected chi connectivity index (χ3v) is 2.68. The van der Waals surface area contributed by atoms with Gasteiger partial charge in [0.2, 0.25) is 0 Å². The molecule has 0 spiro atoms. The molecular formula is C11H11F3N2O. The highest BCUT2D eigenvalue weighted by atomic mass is 19.4. The Morgan fingerprint density at radius 1 is 1.12 bits per heavy atom. The van der Waals surface area contributed by atoms with Crippen LogP contribution in [0.4, 0.5) is 13.2 Å². The largest absolute Gasteiger partial charge is 0.442 e. The van der Waals surface area contributed by atoms with E-state index < -0.39 is 11.8 Å². The fraction of sp³-hybridized carbons (Fsp3) is 0.455. The van der Waals surface area contributed by atoms with Crippen LogP contribution in [0, 0.1) is 0 Å². The summed E-state index contributed by atoms with van der Waals surface area (Å²) in [6.07, 6.45) is -3.23. The summed E-state index contributed by atoms with van der Waals surface area (Å²) in [5, 5.41) is 14.9. The van der Waals surface area contributed by atoms with Crippen molar-refractivity contribution in [2.24, 2.45) is 10.2 Å². The van der Waals surface area contributed by atoms with Crippen LogP contribution >= 0.6 is 0 Å². The van der Waals surface area contributed by atoms with Crippen molar-refractivity contribution in [2.75, 3.05) is 6.61 Å². The number of aliphatic hydroxyl groups is 1. The number of hydrogen-bond acceptors (Lipinski definition) is 3. The summed E-state index contributed by atoms with van der Waals surface area (Å²) in [6, 6.07) is 6.00. The molecule has 1 aliphatic rings. The number of alkyl halides is 3. The van der Waals surface area contributed by atoms with E-state index in [9.17, 15) is 13.2 Å². The average molecular weight is 244 g/mol. The Balaban J connectivity index is 2.14. The van der Waals surface area contributed by atoms with E-state index in [1.807, 2.05) is 0 Å². The Bertz CT molecular complexity index is 419. The normalized spacial score (nSPS) is 17.2. The van der Waals surface area contributed by atoms with Gasteiger partial charge in [-0.05, 0) is 18.4 Å². The third-order valence-electron chi connectivity index (χ3n) is 2.68. The minimum absolute atomic E-state index is 0.0396. The Kier molecular flexibility index (Phi) is 2.91. The van der Waals surface area contributed by atoms with E-state index in [4.69, 9.17) is 5.11 Å². The molecule has 1 heterocycles. The molecule has 0 amide bonds. The molecule has 0 atom stereocenters. The van der Waals surface area contributed by atoms with E-state index in [0.29, 0.717) is 12.8 Å². The Labute approximate surface area is 96.0 Å². The van der Waals surface area contributed by atoms with Crippen LogP contribution in [-0.2, 0) is 12.1 Å². The van der Waals surface area contributed by atoms with Crippen LogP contribution in [0.25, 0.3) is 0 Å². The molecule has 0 fully saturated rings. The van der Waals surface area contributed by atoms with Gasteiger partial charge in [-0.1, -0.05) is 24.3 Å². The van der Waals surface area contributed by atoms with Crippen molar-refractivity contribution in [3.8, 4) is 0 Å². The van der Waals surface area contributed by atoms with E-state index in [0.717, 1.165) is 5.56 Å². The minimum Gasteiger partial charge on any atom is -0.396 e. The Morgan fingerprint density at radius 2 is 1.71 bits per heavy atom. The number of rotatable bonds is 4. The highest BCUT2D eigenvalue weighted by Crippen LogP contribution is 2.52. The minimum atomic E-state index is -4.47. The molecule has 0 aliphatic carbocycles. The van der Waals surface area contributed by atoms with Gasteiger partial charge in [0.1, 0.15) is 0 Å². The average Bonchev–Trinajstić information content (AvgIpc) is 3.07. The molecule has 3 nitrogen and oxygen atoms in total. The van der Waals surface area contributed by atoms with E-state index in [2.05, 4.69) is 10.2 Å². The lowest BCUT2D eigenvalue weighted by Crippen LogP contribution is -2.30. The number of nitrogens with zero attached hydrogens (tertiary/aromatic N) is 2. The molecule has 92 valence electrons. The molecule has 0 saturated carbocycles. The Hall–Kier alpha value is -1.43. The fourth-order valence-electron chi connectivity index (χ4n) is 1.63. The first kappa shape index (κ1) is 12.0. The van der Waals surface area contributed by atoms with Gasteiger partial charge >= 0.3 is 11.8 Å². The van der Waals surface area contributed by atoms with E-state index >= 15 is 0 Å². The van der Waals surface area contributed by atoms with Crippen LogP contribution < -0.4 is 0 Å². The van der Waals surface area contributed by atoms with Crippen molar-refractivity contribution in [3.63, 3.8) is 0 Å². The molecule has 6 heteroatoms. The van der Waals surface area contributed by atoms with Crippen LogP contribution in [0.15, 0.2) is 34.5 Å². The van der Waals surface area contributed by atoms with Crippen LogP contribution in [-0.4, -0.2) is 17.9 Å². The molecule has 0 bridgehead atoms. The zero-order valence-electron chi connectivity index (χ0n) is 8.91. The molecule has 1 aromatic rings. The second-order valence-corrected chi connectivity index (χ2v) is 3.89. The van der Waals surface area contributed by atoms with Gasteiger partial charge < -0.3 is 5.11 Å². The summed E-state index contributed by atoms with van der Waals surface area (Å²) in [6.45, 7) is 0.0684. The van der Waals surface area contributed by atoms with Gasteiger partial charge in [0, 0.05) is 12.2 Å². The molecule has 17 heavy (non-hydrogen) atoms. The van der Waals surface area contributed by atoms with Crippen LogP contribution in [0.5, 0.6) is 0 Å². The molecule has 1 aromatic carbocycles. The highest BCUT2D eigenvalue weighted by molar-refractivity contribution is 5.32. The predicted octanol–water partition coefficient (Wildman–Crippen LogP) is 2.79. The van der Waals surface area contributed by atoms with E-state index in [1.165, 1.54) is 12.1 Å². The summed E-state index contributed by atoms with van der Waals surface area (Å²) in [4.78, 5) is 0. The predicted molar refractivity (Wildman–Crippen MR) is 54.4 cm³/mol. The molecule has 1 aliphatic heterocycles. The van der Waals surface area contributed by atoms with Gasteiger partial charge in [0.05, 0.1) is 0 Å². The quantitative estimate of drug-likeness (QED) is 0.869. The van der Waals surface area contributed by atoms with Crippen molar-refractivity contribution >= 4 is 0 Å². The van der Waals surface area contributed by atoms with Crippen LogP contribution in [0.3, 0.4) is 0 Å². The monoisotopic (exact) mass is 244 g/mol. The maximum absolute atomic E-state index is 12.7. The summed E-state index contributed by atoms with van der Waals surface area (Å²) in [7, 11) is 0. The summed E-state index contributed by atoms with van der Waals surface area (Å²) < 4.78 is 38.0. The fourth-order valence-corrected chi connectivity index (χ4v) is 1.63. The van der Waals surface area contributed by atoms with E-state index in [1.54, 1.807) is 12.1 Å². The number of halogens is 3. The molecule has 0 unspecified atom stereocenters. The third kappa shape index (κ3) is 2.17. The molecular weight excluding hydrogens is 233 g/mol. The molecule has 0 aromatic heterocycles. The molecule has 0 radical (unpaired) electrons. The number of benzene rings is 1. The maximum atomic E-state index is 12.7. The SMILES string of the molecule is OCCCc1ccc(C2(C(F)(F)F)N=N2)cc1. The summed E-state index contributed by atoms with van der Waals surface area (Å²) >= 11 is 0. The smallest absolute Gasteiger partial charge is 0.396 e. The molecule has 2 rings (SSSR count). The van der Waals surface area contributed by atoms with Crippen molar-refractivity contribution < 1.29 is 18.3 Å². The van der Waals surface area contributed by atoms with E-state index in [-0.39, 0.29) is 12.2 Å². The zero-order valence-corrected chi connectivity index (χ0v) is 8.91. The van der Waals surface area contributed by atoms with Gasteiger partial charge in [-0.15, -0.1) is 10.2 Å². The first-order chi connectivity index (χ1) is 7.99. The highest BCUT2D eigenvalue weighted by Gasteiger charge is 2.65. The van der Waals surface area contributed by atoms with Crippen molar-refractivity contribution in [1.29, 1.82) is 0 Å². The lowest BCUT2D eigenvalue weighted by molar-refractivity contribution is -0.166. The standard InChI is InChI=1S/C11H11F3N2O/c12-11(13,14)10(15-16-10)9-5-3-8(4-6-9)2-1-7-17/h3-6,17H,1-2,7H2. The van der Waals surface area contributed by atoms with Gasteiger partial charge in [-0.25, -0.2) is 0 Å². The lowest BCUT2D eigenvalue weighted by atomic mass is 10.00. The van der Waals surface area contributed by atoms with Crippen molar-refractivity contribution in [2.45, 2.75) is 24.7 Å². The topological polar surface area (TPSA) is 45.0 Å². The summed E-state index contributed by atoms with van der Waals surface area (Å²) in [5.74, 6) is 0. The second kappa shape index (κ2) is 4.10. The van der Waals surface area contributed by atoms with Crippen molar-refractivity contribution in [3.05, 3.63) is 35.4 Å². The number of hydrogen-bond donors (Lipinski definition) is 1. The number of aryl methyl sites for hydroxylation is 1. The first-order valence-electron chi connectivity index (χ1n) is 5.21. The molecule has 1 N–H and O–H groups in total. The van der Waals surface area contributed by atoms with Gasteiger partial charge in [0.25, 0.3) is 0 Å². The summed E-state index contributed by atoms with van der Waals surface area (Å²) in [5.41, 5.74) is -1.40. The van der Waals surface area contributed by atoms with Crippen molar-refractivity contribution in [1.82, 2.24) is 0 Å². The van der Waals surface area contributed by atoms with Gasteiger partial charge in [-0.3, -0.25) is 0 Å². The Morgan fingerprint density at radius 3 is 2.12 bits per heavy atom. The van der Waals surface area contributed by atoms with Gasteiger partial charge in [0.15, 0.2) is 0 Å². The first-order valence-corrected chi connectivity index (χ1v) is 5.21. The van der Waals surface area contributed by atoms with Crippen LogP contribution in [0.1, 0.15) is 17.5 Å². The van der Waals surface area contributed by atoms with Gasteiger partial charge in [-0.2, -0.15) is 13.2 Å².